The average Bonchev–Trinajstić information content (AvgIpc) is 2.80. The molecule has 0 spiro atoms. The van der Waals surface area contributed by atoms with Gasteiger partial charge in [-0.15, -0.1) is 11.3 Å². The molecule has 0 aliphatic heterocycles. The zero-order valence-electron chi connectivity index (χ0n) is 12.3. The van der Waals surface area contributed by atoms with Gasteiger partial charge < -0.3 is 5.32 Å². The summed E-state index contributed by atoms with van der Waals surface area (Å²) >= 11 is 12.6. The molecule has 0 saturated heterocycles. The molecule has 1 aromatic carbocycles. The van der Waals surface area contributed by atoms with Crippen LogP contribution in [0.1, 0.15) is 13.8 Å². The topological polar surface area (TPSA) is 75.3 Å². The molecule has 2 aromatic rings. The third-order valence-corrected chi connectivity index (χ3v) is 5.98. The number of carbonyl (C=O) groups is 1. The highest BCUT2D eigenvalue weighted by Gasteiger charge is 2.21. The predicted octanol–water partition coefficient (Wildman–Crippen LogP) is 4.45. The van der Waals surface area contributed by atoms with E-state index in [0.717, 1.165) is 11.3 Å². The number of hydrogen-bond donors (Lipinski definition) is 2. The van der Waals surface area contributed by atoms with Gasteiger partial charge in [-0.1, -0.05) is 37.0 Å². The Kier molecular flexibility index (Phi) is 5.57. The summed E-state index contributed by atoms with van der Waals surface area (Å²) in [5.41, 5.74) is 0.939. The number of nitrogens with one attached hydrogen (secondary N) is 2. The SMILES string of the molecule is CC(C)C(=O)Nc1ccc(NS(=O)(=O)c2cc(Cl)sc2Cl)cc1. The molecule has 0 fully saturated rings. The van der Waals surface area contributed by atoms with Gasteiger partial charge in [0.25, 0.3) is 10.0 Å². The molecule has 5 nitrogen and oxygen atoms in total. The van der Waals surface area contributed by atoms with Gasteiger partial charge in [-0.05, 0) is 30.3 Å². The summed E-state index contributed by atoms with van der Waals surface area (Å²) in [7, 11) is -3.82. The van der Waals surface area contributed by atoms with E-state index in [4.69, 9.17) is 23.2 Å². The molecule has 0 unspecified atom stereocenters. The number of carbonyl (C=O) groups excluding carboxylic acids is 1. The standard InChI is InChI=1S/C14H14Cl2N2O3S2/c1-8(2)14(19)17-9-3-5-10(6-4-9)18-23(20,21)11-7-12(15)22-13(11)16/h3-8,18H,1-2H3,(H,17,19). The molecule has 0 radical (unpaired) electrons. The van der Waals surface area contributed by atoms with Crippen LogP contribution in [0.2, 0.25) is 8.67 Å². The lowest BCUT2D eigenvalue weighted by atomic mass is 10.2. The van der Waals surface area contributed by atoms with E-state index in [1.807, 2.05) is 0 Å². The molecular formula is C14H14Cl2N2O3S2. The Hall–Kier alpha value is -1.28. The van der Waals surface area contributed by atoms with Crippen LogP contribution in [0.15, 0.2) is 35.2 Å². The third kappa shape index (κ3) is 4.60. The molecule has 1 amide bonds. The van der Waals surface area contributed by atoms with Crippen molar-refractivity contribution in [1.82, 2.24) is 0 Å². The normalized spacial score (nSPS) is 11.5. The molecule has 2 rings (SSSR count). The number of amides is 1. The summed E-state index contributed by atoms with van der Waals surface area (Å²) in [6.45, 7) is 3.57. The van der Waals surface area contributed by atoms with Crippen LogP contribution in [0.5, 0.6) is 0 Å². The van der Waals surface area contributed by atoms with Gasteiger partial charge in [0.1, 0.15) is 9.23 Å². The van der Waals surface area contributed by atoms with E-state index >= 15 is 0 Å². The van der Waals surface area contributed by atoms with Crippen molar-refractivity contribution in [1.29, 1.82) is 0 Å². The van der Waals surface area contributed by atoms with E-state index in [9.17, 15) is 13.2 Å². The highest BCUT2D eigenvalue weighted by Crippen LogP contribution is 2.35. The fraction of sp³-hybridized carbons (Fsp3) is 0.214. The summed E-state index contributed by atoms with van der Waals surface area (Å²) < 4.78 is 27.4. The van der Waals surface area contributed by atoms with Crippen molar-refractivity contribution < 1.29 is 13.2 Å². The summed E-state index contributed by atoms with van der Waals surface area (Å²) in [6.07, 6.45) is 0. The fourth-order valence-corrected chi connectivity index (χ4v) is 4.84. The molecule has 0 bridgehead atoms. The number of anilines is 2. The Morgan fingerprint density at radius 2 is 1.70 bits per heavy atom. The van der Waals surface area contributed by atoms with E-state index in [1.54, 1.807) is 38.1 Å². The number of sulfonamides is 1. The highest BCUT2D eigenvalue weighted by atomic mass is 35.5. The third-order valence-electron chi connectivity index (χ3n) is 2.84. The second-order valence-electron chi connectivity index (χ2n) is 5.02. The largest absolute Gasteiger partial charge is 0.326 e. The molecule has 0 atom stereocenters. The van der Waals surface area contributed by atoms with Gasteiger partial charge in [0, 0.05) is 17.3 Å². The van der Waals surface area contributed by atoms with Crippen molar-refractivity contribution in [3.05, 3.63) is 39.0 Å². The first-order valence-electron chi connectivity index (χ1n) is 6.57. The van der Waals surface area contributed by atoms with Gasteiger partial charge in [0.15, 0.2) is 0 Å². The highest BCUT2D eigenvalue weighted by molar-refractivity contribution is 7.93. The van der Waals surface area contributed by atoms with Gasteiger partial charge in [-0.25, -0.2) is 8.42 Å². The minimum atomic E-state index is -3.82. The van der Waals surface area contributed by atoms with Gasteiger partial charge in [0.2, 0.25) is 5.91 Å². The quantitative estimate of drug-likeness (QED) is 0.788. The lowest BCUT2D eigenvalue weighted by Gasteiger charge is -2.10. The second-order valence-corrected chi connectivity index (χ2v) is 8.95. The zero-order chi connectivity index (χ0) is 17.2. The van der Waals surface area contributed by atoms with Crippen LogP contribution >= 0.6 is 34.5 Å². The van der Waals surface area contributed by atoms with Crippen LogP contribution in [0.25, 0.3) is 0 Å². The van der Waals surface area contributed by atoms with Crippen molar-refractivity contribution in [2.45, 2.75) is 18.7 Å². The van der Waals surface area contributed by atoms with E-state index in [1.165, 1.54) is 6.07 Å². The molecule has 1 heterocycles. The van der Waals surface area contributed by atoms with Gasteiger partial charge in [0.05, 0.1) is 4.34 Å². The van der Waals surface area contributed by atoms with Crippen LogP contribution < -0.4 is 10.0 Å². The van der Waals surface area contributed by atoms with Gasteiger partial charge >= 0.3 is 0 Å². The van der Waals surface area contributed by atoms with E-state index in [-0.39, 0.29) is 21.1 Å². The van der Waals surface area contributed by atoms with Crippen molar-refractivity contribution in [2.75, 3.05) is 10.0 Å². The molecule has 1 aromatic heterocycles. The maximum atomic E-state index is 12.3. The first-order valence-corrected chi connectivity index (χ1v) is 9.63. The van der Waals surface area contributed by atoms with E-state index < -0.39 is 10.0 Å². The smallest absolute Gasteiger partial charge is 0.264 e. The first-order chi connectivity index (χ1) is 10.7. The lowest BCUT2D eigenvalue weighted by molar-refractivity contribution is -0.118. The molecule has 9 heteroatoms. The van der Waals surface area contributed by atoms with Gasteiger partial charge in [-0.2, -0.15) is 0 Å². The van der Waals surface area contributed by atoms with Crippen molar-refractivity contribution >= 4 is 61.8 Å². The Morgan fingerprint density at radius 1 is 1.13 bits per heavy atom. The maximum absolute atomic E-state index is 12.3. The van der Waals surface area contributed by atoms with E-state index in [2.05, 4.69) is 10.0 Å². The number of benzene rings is 1. The molecule has 0 aliphatic rings. The van der Waals surface area contributed by atoms with Crippen molar-refractivity contribution in [2.24, 2.45) is 5.92 Å². The fourth-order valence-electron chi connectivity index (χ4n) is 1.63. The minimum absolute atomic E-state index is 0.0636. The number of hydrogen-bond acceptors (Lipinski definition) is 4. The summed E-state index contributed by atoms with van der Waals surface area (Å²) in [4.78, 5) is 11.5. The summed E-state index contributed by atoms with van der Waals surface area (Å²) in [5.74, 6) is -0.253. The van der Waals surface area contributed by atoms with Crippen molar-refractivity contribution in [3.8, 4) is 0 Å². The Bertz CT molecular complexity index is 815. The van der Waals surface area contributed by atoms with Crippen LogP contribution in [0.3, 0.4) is 0 Å². The van der Waals surface area contributed by atoms with Crippen molar-refractivity contribution in [3.63, 3.8) is 0 Å². The zero-order valence-corrected chi connectivity index (χ0v) is 15.4. The molecule has 124 valence electrons. The average molecular weight is 393 g/mol. The predicted molar refractivity (Wildman–Crippen MR) is 95.1 cm³/mol. The lowest BCUT2D eigenvalue weighted by Crippen LogP contribution is -2.17. The van der Waals surface area contributed by atoms with Crippen LogP contribution in [-0.4, -0.2) is 14.3 Å². The maximum Gasteiger partial charge on any atom is 0.264 e. The Balaban J connectivity index is 2.14. The Labute approximate surface area is 148 Å². The monoisotopic (exact) mass is 392 g/mol. The number of thiophene rings is 1. The van der Waals surface area contributed by atoms with Gasteiger partial charge in [-0.3, -0.25) is 9.52 Å². The van der Waals surface area contributed by atoms with Crippen LogP contribution in [0.4, 0.5) is 11.4 Å². The number of rotatable bonds is 5. The molecule has 0 aliphatic carbocycles. The molecular weight excluding hydrogens is 379 g/mol. The van der Waals surface area contributed by atoms with Crippen LogP contribution in [0, 0.1) is 5.92 Å². The Morgan fingerprint density at radius 3 is 2.17 bits per heavy atom. The van der Waals surface area contributed by atoms with Crippen LogP contribution in [-0.2, 0) is 14.8 Å². The first kappa shape index (κ1) is 18.1. The minimum Gasteiger partial charge on any atom is -0.326 e. The summed E-state index contributed by atoms with van der Waals surface area (Å²) in [6, 6.07) is 7.62. The summed E-state index contributed by atoms with van der Waals surface area (Å²) in [5, 5.41) is 2.72. The van der Waals surface area contributed by atoms with E-state index in [0.29, 0.717) is 15.7 Å². The molecule has 23 heavy (non-hydrogen) atoms. The second kappa shape index (κ2) is 7.09. The molecule has 2 N–H and O–H groups in total. The number of halogens is 2. The molecule has 0 saturated carbocycles.